The Labute approximate surface area is 75.9 Å². The van der Waals surface area contributed by atoms with Crippen molar-refractivity contribution in [1.82, 2.24) is 0 Å². The Balaban J connectivity index is 2.49. The molecule has 70 valence electrons. The fourth-order valence-corrected chi connectivity index (χ4v) is 1.34. The first kappa shape index (κ1) is 8.19. The van der Waals surface area contributed by atoms with Crippen molar-refractivity contribution in [2.24, 2.45) is 0 Å². The van der Waals surface area contributed by atoms with E-state index in [9.17, 15) is 5.11 Å². The first-order valence-corrected chi connectivity index (χ1v) is 4.05. The predicted molar refractivity (Wildman–Crippen MR) is 47.6 cm³/mol. The summed E-state index contributed by atoms with van der Waals surface area (Å²) in [5.41, 5.74) is 6.90. The van der Waals surface area contributed by atoms with Crippen molar-refractivity contribution in [3.63, 3.8) is 0 Å². The molecule has 4 heteroatoms. The summed E-state index contributed by atoms with van der Waals surface area (Å²) in [7, 11) is 0. The van der Waals surface area contributed by atoms with Crippen LogP contribution in [0.15, 0.2) is 12.1 Å². The highest BCUT2D eigenvalue weighted by Crippen LogP contribution is 2.37. The maximum absolute atomic E-state index is 9.36. The quantitative estimate of drug-likeness (QED) is 0.635. The van der Waals surface area contributed by atoms with Gasteiger partial charge in [0.2, 0.25) is 6.79 Å². The Kier molecular flexibility index (Phi) is 1.77. The molecule has 0 unspecified atom stereocenters. The number of rotatable bonds is 1. The van der Waals surface area contributed by atoms with Crippen LogP contribution in [-0.4, -0.2) is 11.9 Å². The van der Waals surface area contributed by atoms with Crippen LogP contribution >= 0.6 is 0 Å². The summed E-state index contributed by atoms with van der Waals surface area (Å²) in [5.74, 6) is 1.28. The number of benzene rings is 1. The lowest BCUT2D eigenvalue weighted by atomic mass is 10.1. The monoisotopic (exact) mass is 181 g/mol. The van der Waals surface area contributed by atoms with Crippen LogP contribution in [0.4, 0.5) is 5.69 Å². The maximum Gasteiger partial charge on any atom is 0.231 e. The molecule has 1 aliphatic rings. The number of hydrogen-bond donors (Lipinski definition) is 2. The number of aliphatic hydroxyl groups is 1. The van der Waals surface area contributed by atoms with E-state index in [4.69, 9.17) is 15.2 Å². The molecule has 0 saturated carbocycles. The van der Waals surface area contributed by atoms with Crippen molar-refractivity contribution in [2.45, 2.75) is 13.0 Å². The zero-order valence-electron chi connectivity index (χ0n) is 7.28. The molecule has 0 saturated heterocycles. The summed E-state index contributed by atoms with van der Waals surface area (Å²) in [6.45, 7) is 1.88. The molecule has 0 fully saturated rings. The lowest BCUT2D eigenvalue weighted by Crippen LogP contribution is -1.98. The molecule has 1 aromatic rings. The van der Waals surface area contributed by atoms with E-state index < -0.39 is 6.10 Å². The second kappa shape index (κ2) is 2.81. The molecule has 0 aromatic heterocycles. The summed E-state index contributed by atoms with van der Waals surface area (Å²) in [6.07, 6.45) is -0.588. The van der Waals surface area contributed by atoms with Crippen molar-refractivity contribution >= 4 is 5.69 Å². The van der Waals surface area contributed by atoms with E-state index in [1.807, 2.05) is 0 Å². The van der Waals surface area contributed by atoms with Gasteiger partial charge in [0, 0.05) is 17.3 Å². The molecule has 0 amide bonds. The van der Waals surface area contributed by atoms with Gasteiger partial charge >= 0.3 is 0 Å². The molecule has 0 bridgehead atoms. The van der Waals surface area contributed by atoms with Crippen LogP contribution in [0.1, 0.15) is 18.6 Å². The molecule has 0 aliphatic carbocycles. The standard InChI is InChI=1S/C9H11NO3/c1-5(11)6-2-8-9(3-7(6)10)13-4-12-8/h2-3,5,11H,4,10H2,1H3/t5-/m1/s1. The van der Waals surface area contributed by atoms with Crippen molar-refractivity contribution < 1.29 is 14.6 Å². The third kappa shape index (κ3) is 1.29. The lowest BCUT2D eigenvalue weighted by Gasteiger charge is -2.09. The highest BCUT2D eigenvalue weighted by atomic mass is 16.7. The average Bonchev–Trinajstić information content (AvgIpc) is 2.48. The van der Waals surface area contributed by atoms with Crippen molar-refractivity contribution in [3.8, 4) is 11.5 Å². The molecule has 3 N–H and O–H groups in total. The van der Waals surface area contributed by atoms with Crippen LogP contribution in [0.3, 0.4) is 0 Å². The third-order valence-electron chi connectivity index (χ3n) is 2.03. The molecule has 1 aliphatic heterocycles. The largest absolute Gasteiger partial charge is 0.454 e. The van der Waals surface area contributed by atoms with Crippen molar-refractivity contribution in [3.05, 3.63) is 17.7 Å². The number of aliphatic hydroxyl groups excluding tert-OH is 1. The Morgan fingerprint density at radius 1 is 1.38 bits per heavy atom. The minimum Gasteiger partial charge on any atom is -0.454 e. The van der Waals surface area contributed by atoms with Gasteiger partial charge in [-0.2, -0.15) is 0 Å². The molecular formula is C9H11NO3. The lowest BCUT2D eigenvalue weighted by molar-refractivity contribution is 0.173. The molecular weight excluding hydrogens is 170 g/mol. The number of anilines is 1. The SMILES string of the molecule is C[C@@H](O)c1cc2c(cc1N)OCO2. The highest BCUT2D eigenvalue weighted by molar-refractivity contribution is 5.59. The first-order chi connectivity index (χ1) is 6.18. The van der Waals surface area contributed by atoms with E-state index in [0.717, 1.165) is 0 Å². The van der Waals surface area contributed by atoms with Gasteiger partial charge in [0.15, 0.2) is 11.5 Å². The normalized spacial score (nSPS) is 15.8. The number of ether oxygens (including phenoxy) is 2. The molecule has 13 heavy (non-hydrogen) atoms. The Hall–Kier alpha value is -1.42. The first-order valence-electron chi connectivity index (χ1n) is 4.05. The van der Waals surface area contributed by atoms with Gasteiger partial charge in [-0.3, -0.25) is 0 Å². The number of hydrogen-bond acceptors (Lipinski definition) is 4. The molecule has 0 spiro atoms. The summed E-state index contributed by atoms with van der Waals surface area (Å²) in [4.78, 5) is 0. The third-order valence-corrected chi connectivity index (χ3v) is 2.03. The van der Waals surface area contributed by atoms with Gasteiger partial charge in [-0.25, -0.2) is 0 Å². The molecule has 1 aromatic carbocycles. The fourth-order valence-electron chi connectivity index (χ4n) is 1.34. The molecule has 1 atom stereocenters. The zero-order chi connectivity index (χ0) is 9.42. The summed E-state index contributed by atoms with van der Waals surface area (Å²) >= 11 is 0. The van der Waals surface area contributed by atoms with Gasteiger partial charge in [0.1, 0.15) is 0 Å². The number of fused-ring (bicyclic) bond motifs is 1. The molecule has 1 heterocycles. The molecule has 4 nitrogen and oxygen atoms in total. The fraction of sp³-hybridized carbons (Fsp3) is 0.333. The Morgan fingerprint density at radius 2 is 2.00 bits per heavy atom. The number of nitrogen functional groups attached to an aromatic ring is 1. The second-order valence-electron chi connectivity index (χ2n) is 3.01. The van der Waals surface area contributed by atoms with E-state index in [-0.39, 0.29) is 6.79 Å². The van der Waals surface area contributed by atoms with Crippen LogP contribution in [-0.2, 0) is 0 Å². The van der Waals surface area contributed by atoms with Crippen LogP contribution in [0.25, 0.3) is 0 Å². The Morgan fingerprint density at radius 3 is 2.62 bits per heavy atom. The minimum absolute atomic E-state index is 0.220. The average molecular weight is 181 g/mol. The van der Waals surface area contributed by atoms with E-state index in [0.29, 0.717) is 22.7 Å². The van der Waals surface area contributed by atoms with Gasteiger partial charge in [0.05, 0.1) is 6.10 Å². The van der Waals surface area contributed by atoms with Gasteiger partial charge in [-0.05, 0) is 13.0 Å². The maximum atomic E-state index is 9.36. The van der Waals surface area contributed by atoms with Crippen LogP contribution in [0.2, 0.25) is 0 Å². The number of nitrogens with two attached hydrogens (primary N) is 1. The van der Waals surface area contributed by atoms with E-state index >= 15 is 0 Å². The topological polar surface area (TPSA) is 64.7 Å². The molecule has 2 rings (SSSR count). The predicted octanol–water partition coefficient (Wildman–Crippen LogP) is 1.05. The van der Waals surface area contributed by atoms with E-state index in [1.54, 1.807) is 19.1 Å². The van der Waals surface area contributed by atoms with E-state index in [2.05, 4.69) is 0 Å². The van der Waals surface area contributed by atoms with E-state index in [1.165, 1.54) is 0 Å². The van der Waals surface area contributed by atoms with Gasteiger partial charge in [0.25, 0.3) is 0 Å². The van der Waals surface area contributed by atoms with Crippen LogP contribution < -0.4 is 15.2 Å². The van der Waals surface area contributed by atoms with Gasteiger partial charge in [-0.1, -0.05) is 0 Å². The van der Waals surface area contributed by atoms with Gasteiger partial charge < -0.3 is 20.3 Å². The smallest absolute Gasteiger partial charge is 0.231 e. The van der Waals surface area contributed by atoms with Crippen molar-refractivity contribution in [2.75, 3.05) is 12.5 Å². The summed E-state index contributed by atoms with van der Waals surface area (Å²) < 4.78 is 10.3. The van der Waals surface area contributed by atoms with Crippen molar-refractivity contribution in [1.29, 1.82) is 0 Å². The van der Waals surface area contributed by atoms with Crippen LogP contribution in [0.5, 0.6) is 11.5 Å². The highest BCUT2D eigenvalue weighted by Gasteiger charge is 2.17. The van der Waals surface area contributed by atoms with Gasteiger partial charge in [-0.15, -0.1) is 0 Å². The molecule has 0 radical (unpaired) electrons. The van der Waals surface area contributed by atoms with Crippen LogP contribution in [0, 0.1) is 0 Å². The summed E-state index contributed by atoms with van der Waals surface area (Å²) in [5, 5.41) is 9.36. The minimum atomic E-state index is -0.588. The summed E-state index contributed by atoms with van der Waals surface area (Å²) in [6, 6.07) is 3.38. The second-order valence-corrected chi connectivity index (χ2v) is 3.01. The zero-order valence-corrected chi connectivity index (χ0v) is 7.28. The Bertz CT molecular complexity index is 336.